The standard InChI is InChI=1S/C19H19NO3/c1-22-16-10-8-15(9-11-16)20-17(14-6-3-2-4-7-14)19(18(20)21)12-5-13-23-19/h2-4,6-11,17H,5,12-13H2,1H3/t17-,19-/m1/s1. The molecule has 2 atom stereocenters. The third kappa shape index (κ3) is 2.05. The molecule has 118 valence electrons. The molecule has 4 rings (SSSR count). The van der Waals surface area contributed by atoms with E-state index in [4.69, 9.17) is 9.47 Å². The summed E-state index contributed by atoms with van der Waals surface area (Å²) in [6.45, 7) is 0.658. The molecule has 0 aromatic heterocycles. The Balaban J connectivity index is 1.74. The number of benzene rings is 2. The van der Waals surface area contributed by atoms with Crippen molar-refractivity contribution in [3.8, 4) is 5.75 Å². The normalized spacial score (nSPS) is 26.4. The highest BCUT2D eigenvalue weighted by Gasteiger charge is 2.64. The summed E-state index contributed by atoms with van der Waals surface area (Å²) in [4.78, 5) is 14.7. The minimum absolute atomic E-state index is 0.0629. The number of methoxy groups -OCH3 is 1. The predicted molar refractivity (Wildman–Crippen MR) is 87.6 cm³/mol. The summed E-state index contributed by atoms with van der Waals surface area (Å²) in [5, 5.41) is 0. The fourth-order valence-corrected chi connectivity index (χ4v) is 3.69. The first-order valence-corrected chi connectivity index (χ1v) is 7.93. The second kappa shape index (κ2) is 5.39. The molecule has 2 heterocycles. The van der Waals surface area contributed by atoms with Gasteiger partial charge in [0.25, 0.3) is 5.91 Å². The number of nitrogens with zero attached hydrogens (tertiary/aromatic N) is 1. The Hall–Kier alpha value is -2.33. The van der Waals surface area contributed by atoms with Crippen LogP contribution in [0.1, 0.15) is 24.4 Å². The zero-order chi connectivity index (χ0) is 15.9. The summed E-state index contributed by atoms with van der Waals surface area (Å²) in [5.74, 6) is 0.846. The van der Waals surface area contributed by atoms with Gasteiger partial charge in [0.15, 0.2) is 5.60 Å². The van der Waals surface area contributed by atoms with Gasteiger partial charge in [-0.1, -0.05) is 30.3 Å². The molecular weight excluding hydrogens is 290 g/mol. The second-order valence-electron chi connectivity index (χ2n) is 6.03. The third-order valence-corrected chi connectivity index (χ3v) is 4.80. The van der Waals surface area contributed by atoms with Crippen LogP contribution >= 0.6 is 0 Å². The van der Waals surface area contributed by atoms with Crippen LogP contribution in [0.3, 0.4) is 0 Å². The van der Waals surface area contributed by atoms with E-state index in [-0.39, 0.29) is 11.9 Å². The first kappa shape index (κ1) is 14.3. The number of carbonyl (C=O) groups excluding carboxylic acids is 1. The number of hydrogen-bond acceptors (Lipinski definition) is 3. The number of β-lactam (4-membered cyclic amide) rings is 1. The van der Waals surface area contributed by atoms with E-state index in [1.165, 1.54) is 0 Å². The molecule has 2 fully saturated rings. The average molecular weight is 309 g/mol. The van der Waals surface area contributed by atoms with E-state index < -0.39 is 5.60 Å². The number of amides is 1. The van der Waals surface area contributed by atoms with Crippen molar-refractivity contribution in [1.82, 2.24) is 0 Å². The maximum absolute atomic E-state index is 12.9. The summed E-state index contributed by atoms with van der Waals surface area (Å²) < 4.78 is 11.1. The van der Waals surface area contributed by atoms with Crippen molar-refractivity contribution in [2.75, 3.05) is 18.6 Å². The molecule has 2 aliphatic heterocycles. The molecule has 4 heteroatoms. The lowest BCUT2D eigenvalue weighted by Crippen LogP contribution is -2.68. The van der Waals surface area contributed by atoms with Crippen LogP contribution in [0.15, 0.2) is 54.6 Å². The third-order valence-electron chi connectivity index (χ3n) is 4.80. The molecule has 0 unspecified atom stereocenters. The van der Waals surface area contributed by atoms with Crippen LogP contribution < -0.4 is 9.64 Å². The van der Waals surface area contributed by atoms with Crippen LogP contribution in [0, 0.1) is 0 Å². The van der Waals surface area contributed by atoms with Crippen LogP contribution in [0.4, 0.5) is 5.69 Å². The number of hydrogen-bond donors (Lipinski definition) is 0. The summed E-state index contributed by atoms with van der Waals surface area (Å²) in [7, 11) is 1.64. The van der Waals surface area contributed by atoms with Crippen LogP contribution in [0.25, 0.3) is 0 Å². The van der Waals surface area contributed by atoms with Crippen LogP contribution in [-0.2, 0) is 9.53 Å². The van der Waals surface area contributed by atoms with Gasteiger partial charge in [0, 0.05) is 12.3 Å². The Bertz CT molecular complexity index is 705. The van der Waals surface area contributed by atoms with E-state index in [1.54, 1.807) is 7.11 Å². The van der Waals surface area contributed by atoms with Crippen molar-refractivity contribution in [2.45, 2.75) is 24.5 Å². The molecule has 0 N–H and O–H groups in total. The molecule has 23 heavy (non-hydrogen) atoms. The minimum atomic E-state index is -0.679. The molecule has 2 aromatic rings. The minimum Gasteiger partial charge on any atom is -0.497 e. The van der Waals surface area contributed by atoms with Crippen molar-refractivity contribution >= 4 is 11.6 Å². The molecule has 0 saturated carbocycles. The van der Waals surface area contributed by atoms with E-state index in [1.807, 2.05) is 47.4 Å². The van der Waals surface area contributed by atoms with Gasteiger partial charge < -0.3 is 9.47 Å². The Labute approximate surface area is 135 Å². The topological polar surface area (TPSA) is 38.8 Å². The molecule has 0 aliphatic carbocycles. The Morgan fingerprint density at radius 3 is 2.48 bits per heavy atom. The van der Waals surface area contributed by atoms with Gasteiger partial charge in [0.05, 0.1) is 7.11 Å². The maximum atomic E-state index is 12.9. The molecular formula is C19H19NO3. The van der Waals surface area contributed by atoms with Gasteiger partial charge >= 0.3 is 0 Å². The lowest BCUT2D eigenvalue weighted by molar-refractivity contribution is -0.156. The molecule has 1 amide bonds. The Morgan fingerprint density at radius 1 is 1.13 bits per heavy atom. The van der Waals surface area contributed by atoms with E-state index in [2.05, 4.69) is 12.1 Å². The number of carbonyl (C=O) groups is 1. The summed E-state index contributed by atoms with van der Waals surface area (Å²) >= 11 is 0. The fraction of sp³-hybridized carbons (Fsp3) is 0.316. The van der Waals surface area contributed by atoms with E-state index in [0.29, 0.717) is 6.61 Å². The van der Waals surface area contributed by atoms with Crippen molar-refractivity contribution < 1.29 is 14.3 Å². The summed E-state index contributed by atoms with van der Waals surface area (Å²) in [6.07, 6.45) is 1.73. The number of anilines is 1. The van der Waals surface area contributed by atoms with Gasteiger partial charge in [0.2, 0.25) is 0 Å². The molecule has 4 nitrogen and oxygen atoms in total. The monoisotopic (exact) mass is 309 g/mol. The van der Waals surface area contributed by atoms with Crippen molar-refractivity contribution in [2.24, 2.45) is 0 Å². The first-order chi connectivity index (χ1) is 11.3. The van der Waals surface area contributed by atoms with Gasteiger partial charge in [-0.25, -0.2) is 0 Å². The molecule has 0 radical (unpaired) electrons. The highest BCUT2D eigenvalue weighted by atomic mass is 16.5. The molecule has 0 bridgehead atoms. The SMILES string of the molecule is COc1ccc(N2C(=O)[C@@]3(CCCO3)[C@H]2c2ccccc2)cc1. The number of rotatable bonds is 3. The average Bonchev–Trinajstić information content (AvgIpc) is 3.12. The van der Waals surface area contributed by atoms with Gasteiger partial charge in [-0.2, -0.15) is 0 Å². The van der Waals surface area contributed by atoms with Gasteiger partial charge in [-0.15, -0.1) is 0 Å². The smallest absolute Gasteiger partial charge is 0.262 e. The van der Waals surface area contributed by atoms with Crippen molar-refractivity contribution in [3.63, 3.8) is 0 Å². The predicted octanol–water partition coefficient (Wildman–Crippen LogP) is 3.33. The van der Waals surface area contributed by atoms with E-state index >= 15 is 0 Å². The lowest BCUT2D eigenvalue weighted by Gasteiger charge is -2.53. The van der Waals surface area contributed by atoms with E-state index in [0.717, 1.165) is 29.8 Å². The highest BCUT2D eigenvalue weighted by molar-refractivity contribution is 6.08. The van der Waals surface area contributed by atoms with Gasteiger partial charge in [-0.3, -0.25) is 9.69 Å². The Morgan fingerprint density at radius 2 is 1.87 bits per heavy atom. The molecule has 1 spiro atoms. The van der Waals surface area contributed by atoms with Crippen molar-refractivity contribution in [1.29, 1.82) is 0 Å². The summed E-state index contributed by atoms with van der Waals surface area (Å²) in [6, 6.07) is 17.7. The summed E-state index contributed by atoms with van der Waals surface area (Å²) in [5.41, 5.74) is 1.32. The zero-order valence-corrected chi connectivity index (χ0v) is 13.1. The maximum Gasteiger partial charge on any atom is 0.262 e. The fourth-order valence-electron chi connectivity index (χ4n) is 3.69. The van der Waals surface area contributed by atoms with Crippen LogP contribution in [-0.4, -0.2) is 25.2 Å². The molecule has 2 saturated heterocycles. The van der Waals surface area contributed by atoms with Gasteiger partial charge in [0.1, 0.15) is 11.8 Å². The lowest BCUT2D eigenvalue weighted by atomic mass is 9.75. The van der Waals surface area contributed by atoms with Crippen LogP contribution in [0.2, 0.25) is 0 Å². The first-order valence-electron chi connectivity index (χ1n) is 7.93. The molecule has 2 aromatic carbocycles. The number of ether oxygens (including phenoxy) is 2. The molecule has 2 aliphatic rings. The van der Waals surface area contributed by atoms with Crippen molar-refractivity contribution in [3.05, 3.63) is 60.2 Å². The quantitative estimate of drug-likeness (QED) is 0.816. The van der Waals surface area contributed by atoms with Gasteiger partial charge in [-0.05, 0) is 42.7 Å². The Kier molecular flexibility index (Phi) is 3.34. The van der Waals surface area contributed by atoms with E-state index in [9.17, 15) is 4.79 Å². The highest BCUT2D eigenvalue weighted by Crippen LogP contribution is 2.52. The largest absolute Gasteiger partial charge is 0.497 e. The van der Waals surface area contributed by atoms with Crippen LogP contribution in [0.5, 0.6) is 5.75 Å². The second-order valence-corrected chi connectivity index (χ2v) is 6.03. The zero-order valence-electron chi connectivity index (χ0n) is 13.1.